The van der Waals surface area contributed by atoms with Gasteiger partial charge in [-0.1, -0.05) is 18.2 Å². The Balaban J connectivity index is 1.15. The van der Waals surface area contributed by atoms with Gasteiger partial charge in [0, 0.05) is 45.8 Å². The van der Waals surface area contributed by atoms with Gasteiger partial charge in [0.05, 0.1) is 12.8 Å². The van der Waals surface area contributed by atoms with Crippen molar-refractivity contribution in [3.05, 3.63) is 48.0 Å². The van der Waals surface area contributed by atoms with Gasteiger partial charge in [-0.25, -0.2) is 0 Å². The number of hydrogen-bond donors (Lipinski definition) is 2. The van der Waals surface area contributed by atoms with E-state index < -0.39 is 11.8 Å². The standard InChI is InChI=1S/C23H28N4O5/c1-30-19-5-3-2-4-18(19)27-12-10-26(11-13-27)9-8-24-22(28)23(29)25-15-17-6-7-20-21(14-17)32-16-31-20/h2-7,14H,8-13,15-16H2,1H3,(H,24,28)(H,25,29). The van der Waals surface area contributed by atoms with E-state index in [9.17, 15) is 9.59 Å². The highest BCUT2D eigenvalue weighted by atomic mass is 16.7. The van der Waals surface area contributed by atoms with E-state index in [4.69, 9.17) is 14.2 Å². The summed E-state index contributed by atoms with van der Waals surface area (Å²) < 4.78 is 16.0. The fraction of sp³-hybridized carbons (Fsp3) is 0.391. The largest absolute Gasteiger partial charge is 0.495 e. The van der Waals surface area contributed by atoms with Gasteiger partial charge in [0.25, 0.3) is 0 Å². The van der Waals surface area contributed by atoms with Crippen LogP contribution >= 0.6 is 0 Å². The maximum absolute atomic E-state index is 12.1. The second kappa shape index (κ2) is 10.2. The first-order chi connectivity index (χ1) is 15.6. The first-order valence-electron chi connectivity index (χ1n) is 10.7. The summed E-state index contributed by atoms with van der Waals surface area (Å²) in [6.07, 6.45) is 0. The fourth-order valence-corrected chi connectivity index (χ4v) is 3.82. The van der Waals surface area contributed by atoms with Gasteiger partial charge < -0.3 is 29.7 Å². The molecule has 0 aliphatic carbocycles. The first kappa shape index (κ1) is 21.8. The Kier molecular flexibility index (Phi) is 6.96. The number of rotatable bonds is 7. The van der Waals surface area contributed by atoms with Crippen LogP contribution in [0.15, 0.2) is 42.5 Å². The molecule has 2 aliphatic heterocycles. The molecule has 32 heavy (non-hydrogen) atoms. The van der Waals surface area contributed by atoms with Crippen LogP contribution in [0.3, 0.4) is 0 Å². The van der Waals surface area contributed by atoms with Crippen molar-refractivity contribution >= 4 is 17.5 Å². The van der Waals surface area contributed by atoms with Gasteiger partial charge in [0.2, 0.25) is 6.79 Å². The zero-order valence-electron chi connectivity index (χ0n) is 18.1. The van der Waals surface area contributed by atoms with Crippen LogP contribution in [0.2, 0.25) is 0 Å². The Morgan fingerprint density at radius 2 is 1.72 bits per heavy atom. The second-order valence-corrected chi connectivity index (χ2v) is 7.63. The van der Waals surface area contributed by atoms with Gasteiger partial charge in [-0.15, -0.1) is 0 Å². The molecule has 170 valence electrons. The molecule has 2 heterocycles. The minimum Gasteiger partial charge on any atom is -0.495 e. The average molecular weight is 441 g/mol. The van der Waals surface area contributed by atoms with Crippen molar-refractivity contribution in [2.75, 3.05) is 58.1 Å². The van der Waals surface area contributed by atoms with Crippen LogP contribution in [0, 0.1) is 0 Å². The monoisotopic (exact) mass is 440 g/mol. The molecule has 9 heteroatoms. The zero-order valence-corrected chi connectivity index (χ0v) is 18.1. The molecule has 0 bridgehead atoms. The number of hydrogen-bond acceptors (Lipinski definition) is 7. The summed E-state index contributed by atoms with van der Waals surface area (Å²) in [5.74, 6) is 0.926. The molecule has 0 saturated carbocycles. The van der Waals surface area contributed by atoms with Crippen molar-refractivity contribution in [1.82, 2.24) is 15.5 Å². The van der Waals surface area contributed by atoms with E-state index in [1.165, 1.54) is 0 Å². The van der Waals surface area contributed by atoms with Gasteiger partial charge >= 0.3 is 11.8 Å². The lowest BCUT2D eigenvalue weighted by molar-refractivity contribution is -0.139. The molecule has 0 atom stereocenters. The van der Waals surface area contributed by atoms with Crippen LogP contribution in [-0.4, -0.2) is 69.9 Å². The predicted octanol–water partition coefficient (Wildman–Crippen LogP) is 0.979. The number of amides is 2. The van der Waals surface area contributed by atoms with E-state index in [0.717, 1.165) is 43.2 Å². The molecule has 0 unspecified atom stereocenters. The third-order valence-electron chi connectivity index (χ3n) is 5.61. The van der Waals surface area contributed by atoms with E-state index in [1.807, 2.05) is 24.3 Å². The summed E-state index contributed by atoms with van der Waals surface area (Å²) in [6, 6.07) is 13.4. The quantitative estimate of drug-likeness (QED) is 0.620. The number of para-hydroxylation sites is 2. The number of benzene rings is 2. The number of ether oxygens (including phenoxy) is 3. The lowest BCUT2D eigenvalue weighted by Gasteiger charge is -2.36. The van der Waals surface area contributed by atoms with Gasteiger partial charge in [-0.3, -0.25) is 14.5 Å². The summed E-state index contributed by atoms with van der Waals surface area (Å²) in [7, 11) is 1.68. The van der Waals surface area contributed by atoms with Crippen LogP contribution in [0.1, 0.15) is 5.56 Å². The third-order valence-corrected chi connectivity index (χ3v) is 5.61. The van der Waals surface area contributed by atoms with E-state index >= 15 is 0 Å². The van der Waals surface area contributed by atoms with Crippen molar-refractivity contribution in [2.24, 2.45) is 0 Å². The molecule has 9 nitrogen and oxygen atoms in total. The summed E-state index contributed by atoms with van der Waals surface area (Å²) in [5, 5.41) is 5.33. The minimum atomic E-state index is -0.649. The Hall–Kier alpha value is -3.46. The van der Waals surface area contributed by atoms with Crippen LogP contribution in [0.4, 0.5) is 5.69 Å². The lowest BCUT2D eigenvalue weighted by Crippen LogP contribution is -2.49. The SMILES string of the molecule is COc1ccccc1N1CCN(CCNC(=O)C(=O)NCc2ccc3c(c2)OCO3)CC1. The van der Waals surface area contributed by atoms with Crippen molar-refractivity contribution in [1.29, 1.82) is 0 Å². The number of carbonyl (C=O) groups excluding carboxylic acids is 2. The number of anilines is 1. The third kappa shape index (κ3) is 5.23. The number of carbonyl (C=O) groups is 2. The van der Waals surface area contributed by atoms with E-state index in [1.54, 1.807) is 19.2 Å². The van der Waals surface area contributed by atoms with E-state index in [2.05, 4.69) is 26.5 Å². The maximum atomic E-state index is 12.1. The Morgan fingerprint density at radius 1 is 0.969 bits per heavy atom. The molecule has 1 fully saturated rings. The summed E-state index contributed by atoms with van der Waals surface area (Å²) in [5.41, 5.74) is 1.94. The zero-order chi connectivity index (χ0) is 22.3. The molecular formula is C23H28N4O5. The summed E-state index contributed by atoms with van der Waals surface area (Å²) in [6.45, 7) is 5.08. The molecule has 2 N–H and O–H groups in total. The topological polar surface area (TPSA) is 92.4 Å². The average Bonchev–Trinajstić information content (AvgIpc) is 3.31. The number of piperazine rings is 1. The van der Waals surface area contributed by atoms with Gasteiger partial charge in [0.1, 0.15) is 5.75 Å². The molecule has 1 saturated heterocycles. The van der Waals surface area contributed by atoms with Crippen molar-refractivity contribution in [2.45, 2.75) is 6.54 Å². The Bertz CT molecular complexity index is 959. The highest BCUT2D eigenvalue weighted by molar-refractivity contribution is 6.35. The molecule has 2 amide bonds. The number of nitrogens with one attached hydrogen (secondary N) is 2. The van der Waals surface area contributed by atoms with Gasteiger partial charge in [-0.2, -0.15) is 0 Å². The number of nitrogens with zero attached hydrogens (tertiary/aromatic N) is 2. The van der Waals surface area contributed by atoms with Crippen LogP contribution in [0.25, 0.3) is 0 Å². The van der Waals surface area contributed by atoms with Crippen LogP contribution in [0.5, 0.6) is 17.2 Å². The second-order valence-electron chi connectivity index (χ2n) is 7.63. The number of fused-ring (bicyclic) bond motifs is 1. The minimum absolute atomic E-state index is 0.197. The smallest absolute Gasteiger partial charge is 0.309 e. The van der Waals surface area contributed by atoms with E-state index in [-0.39, 0.29) is 13.3 Å². The molecule has 0 aromatic heterocycles. The molecule has 2 aromatic rings. The Labute approximate surface area is 187 Å². The Morgan fingerprint density at radius 3 is 2.53 bits per heavy atom. The van der Waals surface area contributed by atoms with Gasteiger partial charge in [0.15, 0.2) is 11.5 Å². The summed E-state index contributed by atoms with van der Waals surface area (Å²) in [4.78, 5) is 28.8. The van der Waals surface area contributed by atoms with Crippen LogP contribution in [-0.2, 0) is 16.1 Å². The molecule has 0 spiro atoms. The predicted molar refractivity (Wildman–Crippen MR) is 119 cm³/mol. The fourth-order valence-electron chi connectivity index (χ4n) is 3.82. The highest BCUT2D eigenvalue weighted by Crippen LogP contribution is 2.32. The highest BCUT2D eigenvalue weighted by Gasteiger charge is 2.20. The lowest BCUT2D eigenvalue weighted by atomic mass is 10.2. The van der Waals surface area contributed by atoms with Crippen molar-refractivity contribution in [3.8, 4) is 17.2 Å². The van der Waals surface area contributed by atoms with Crippen molar-refractivity contribution in [3.63, 3.8) is 0 Å². The molecule has 4 rings (SSSR count). The first-order valence-corrected chi connectivity index (χ1v) is 10.7. The molecule has 2 aliphatic rings. The molecule has 2 aromatic carbocycles. The van der Waals surface area contributed by atoms with Crippen LogP contribution < -0.4 is 29.7 Å². The maximum Gasteiger partial charge on any atom is 0.309 e. The normalized spacial score (nSPS) is 15.3. The number of methoxy groups -OCH3 is 1. The van der Waals surface area contributed by atoms with Gasteiger partial charge in [-0.05, 0) is 29.8 Å². The van der Waals surface area contributed by atoms with E-state index in [0.29, 0.717) is 24.6 Å². The molecule has 0 radical (unpaired) electrons. The molecular weight excluding hydrogens is 412 g/mol. The summed E-state index contributed by atoms with van der Waals surface area (Å²) >= 11 is 0. The van der Waals surface area contributed by atoms with Crippen molar-refractivity contribution < 1.29 is 23.8 Å².